The van der Waals surface area contributed by atoms with Gasteiger partial charge in [-0.3, -0.25) is 4.79 Å². The molecule has 1 aromatic rings. The quantitative estimate of drug-likeness (QED) is 0.847. The number of nitrogens with two attached hydrogens (primary N) is 1. The van der Waals surface area contributed by atoms with E-state index >= 15 is 0 Å². The Kier molecular flexibility index (Phi) is 5.65. The average Bonchev–Trinajstić information content (AvgIpc) is 2.71. The van der Waals surface area contributed by atoms with Crippen molar-refractivity contribution in [2.45, 2.75) is 33.2 Å². The van der Waals surface area contributed by atoms with Gasteiger partial charge in [0.25, 0.3) is 0 Å². The number of rotatable bonds is 6. The molecule has 4 heteroatoms. The lowest BCUT2D eigenvalue weighted by Gasteiger charge is -2.20. The molecule has 1 rings (SSSR count). The third-order valence-electron chi connectivity index (χ3n) is 3.15. The first-order valence-corrected chi connectivity index (χ1v) is 6.93. The van der Waals surface area contributed by atoms with Crippen molar-refractivity contribution in [2.24, 2.45) is 11.7 Å². The number of aryl methyl sites for hydroxylation is 1. The monoisotopic (exact) mass is 254 g/mol. The molecule has 17 heavy (non-hydrogen) atoms. The van der Waals surface area contributed by atoms with Crippen molar-refractivity contribution in [3.63, 3.8) is 0 Å². The minimum absolute atomic E-state index is 0.190. The van der Waals surface area contributed by atoms with E-state index in [9.17, 15) is 4.79 Å². The summed E-state index contributed by atoms with van der Waals surface area (Å²) < 4.78 is 0. The molecule has 3 nitrogen and oxygen atoms in total. The van der Waals surface area contributed by atoms with E-state index in [2.05, 4.69) is 25.3 Å². The summed E-state index contributed by atoms with van der Waals surface area (Å²) in [6.07, 6.45) is 1.53. The molecule has 1 atom stereocenters. The van der Waals surface area contributed by atoms with Gasteiger partial charge in [0, 0.05) is 18.3 Å². The lowest BCUT2D eigenvalue weighted by molar-refractivity contribution is -0.131. The highest BCUT2D eigenvalue weighted by molar-refractivity contribution is 7.10. The van der Waals surface area contributed by atoms with Gasteiger partial charge < -0.3 is 10.6 Å². The van der Waals surface area contributed by atoms with Crippen LogP contribution in [0, 0.1) is 12.8 Å². The van der Waals surface area contributed by atoms with Crippen LogP contribution in [0.3, 0.4) is 0 Å². The second-order valence-corrected chi connectivity index (χ2v) is 5.49. The van der Waals surface area contributed by atoms with Gasteiger partial charge in [0.2, 0.25) is 5.91 Å². The van der Waals surface area contributed by atoms with Crippen molar-refractivity contribution in [2.75, 3.05) is 13.6 Å². The maximum absolute atomic E-state index is 12.0. The number of carbonyl (C=O) groups is 1. The smallest absolute Gasteiger partial charge is 0.222 e. The van der Waals surface area contributed by atoms with E-state index in [1.807, 2.05) is 7.05 Å². The maximum atomic E-state index is 12.0. The molecule has 0 spiro atoms. The van der Waals surface area contributed by atoms with Crippen LogP contribution >= 0.6 is 11.3 Å². The standard InChI is InChI=1S/C13H22N2OS/c1-4-11(8-14)7-13(16)15(3)9-12-10(2)5-6-17-12/h5-6,11H,4,7-9,14H2,1-3H3. The van der Waals surface area contributed by atoms with Crippen molar-refractivity contribution >= 4 is 17.2 Å². The zero-order valence-corrected chi connectivity index (χ0v) is 11.7. The van der Waals surface area contributed by atoms with Crippen molar-refractivity contribution in [1.82, 2.24) is 4.90 Å². The molecule has 1 amide bonds. The summed E-state index contributed by atoms with van der Waals surface area (Å²) in [4.78, 5) is 15.1. The van der Waals surface area contributed by atoms with Crippen LogP contribution in [0.5, 0.6) is 0 Å². The van der Waals surface area contributed by atoms with E-state index in [-0.39, 0.29) is 5.91 Å². The molecule has 0 aliphatic carbocycles. The second kappa shape index (κ2) is 6.77. The van der Waals surface area contributed by atoms with Crippen LogP contribution in [0.25, 0.3) is 0 Å². The Morgan fingerprint density at radius 3 is 2.76 bits per heavy atom. The van der Waals surface area contributed by atoms with Gasteiger partial charge in [-0.2, -0.15) is 0 Å². The van der Waals surface area contributed by atoms with Gasteiger partial charge in [0.05, 0.1) is 6.54 Å². The predicted octanol–water partition coefficient (Wildman–Crippen LogP) is 2.39. The fourth-order valence-electron chi connectivity index (χ4n) is 1.67. The number of hydrogen-bond acceptors (Lipinski definition) is 3. The largest absolute Gasteiger partial charge is 0.341 e. The number of thiophene rings is 1. The van der Waals surface area contributed by atoms with Gasteiger partial charge in [-0.05, 0) is 36.4 Å². The van der Waals surface area contributed by atoms with Gasteiger partial charge in [0.1, 0.15) is 0 Å². The summed E-state index contributed by atoms with van der Waals surface area (Å²) in [5.74, 6) is 0.504. The van der Waals surface area contributed by atoms with E-state index in [0.29, 0.717) is 25.4 Å². The SMILES string of the molecule is CCC(CN)CC(=O)N(C)Cc1sccc1C. The second-order valence-electron chi connectivity index (χ2n) is 4.49. The molecular weight excluding hydrogens is 232 g/mol. The Hall–Kier alpha value is -0.870. The lowest BCUT2D eigenvalue weighted by Crippen LogP contribution is -2.29. The molecule has 96 valence electrons. The van der Waals surface area contributed by atoms with Crippen molar-refractivity contribution in [3.05, 3.63) is 21.9 Å². The summed E-state index contributed by atoms with van der Waals surface area (Å²) in [5.41, 5.74) is 6.89. The first-order valence-electron chi connectivity index (χ1n) is 6.05. The molecule has 1 heterocycles. The molecule has 0 bridgehead atoms. The van der Waals surface area contributed by atoms with Gasteiger partial charge in [-0.1, -0.05) is 13.3 Å². The van der Waals surface area contributed by atoms with E-state index in [1.54, 1.807) is 16.2 Å². The molecule has 0 aromatic carbocycles. The Labute approximate surface area is 108 Å². The predicted molar refractivity (Wildman–Crippen MR) is 73.0 cm³/mol. The Balaban J connectivity index is 2.50. The highest BCUT2D eigenvalue weighted by Gasteiger charge is 2.15. The highest BCUT2D eigenvalue weighted by atomic mass is 32.1. The molecule has 1 unspecified atom stereocenters. The van der Waals surface area contributed by atoms with Crippen LogP contribution < -0.4 is 5.73 Å². The Bertz CT molecular complexity index is 358. The van der Waals surface area contributed by atoms with Crippen molar-refractivity contribution in [1.29, 1.82) is 0 Å². The summed E-state index contributed by atoms with van der Waals surface area (Å²) >= 11 is 1.71. The van der Waals surface area contributed by atoms with Crippen LogP contribution in [0.15, 0.2) is 11.4 Å². The highest BCUT2D eigenvalue weighted by Crippen LogP contribution is 2.18. The summed E-state index contributed by atoms with van der Waals surface area (Å²) in [5, 5.41) is 2.07. The zero-order valence-electron chi connectivity index (χ0n) is 10.9. The minimum atomic E-state index is 0.190. The number of nitrogens with zero attached hydrogens (tertiary/aromatic N) is 1. The van der Waals surface area contributed by atoms with E-state index in [4.69, 9.17) is 5.73 Å². The molecule has 1 aromatic heterocycles. The fourth-order valence-corrected chi connectivity index (χ4v) is 2.63. The summed E-state index contributed by atoms with van der Waals surface area (Å²) in [6, 6.07) is 2.09. The first-order chi connectivity index (χ1) is 8.08. The van der Waals surface area contributed by atoms with Gasteiger partial charge in [-0.25, -0.2) is 0 Å². The minimum Gasteiger partial charge on any atom is -0.341 e. The summed E-state index contributed by atoms with van der Waals surface area (Å²) in [7, 11) is 1.87. The lowest BCUT2D eigenvalue weighted by atomic mass is 10.0. The maximum Gasteiger partial charge on any atom is 0.222 e. The van der Waals surface area contributed by atoms with Gasteiger partial charge >= 0.3 is 0 Å². The topological polar surface area (TPSA) is 46.3 Å². The van der Waals surface area contributed by atoms with E-state index < -0.39 is 0 Å². The average molecular weight is 254 g/mol. The van der Waals surface area contributed by atoms with Crippen LogP contribution in [-0.4, -0.2) is 24.4 Å². The van der Waals surface area contributed by atoms with Crippen LogP contribution in [0.2, 0.25) is 0 Å². The van der Waals surface area contributed by atoms with Crippen molar-refractivity contribution in [3.8, 4) is 0 Å². The van der Waals surface area contributed by atoms with Gasteiger partial charge in [0.15, 0.2) is 0 Å². The third kappa shape index (κ3) is 4.13. The molecule has 0 radical (unpaired) electrons. The molecule has 0 aliphatic heterocycles. The van der Waals surface area contributed by atoms with Gasteiger partial charge in [-0.15, -0.1) is 11.3 Å². The van der Waals surface area contributed by atoms with E-state index in [1.165, 1.54) is 10.4 Å². The van der Waals surface area contributed by atoms with Crippen LogP contribution in [0.4, 0.5) is 0 Å². The number of amides is 1. The number of hydrogen-bond donors (Lipinski definition) is 1. The van der Waals surface area contributed by atoms with Crippen LogP contribution in [0.1, 0.15) is 30.2 Å². The normalized spacial score (nSPS) is 12.5. The first kappa shape index (κ1) is 14.2. The fraction of sp³-hybridized carbons (Fsp3) is 0.615. The number of carbonyl (C=O) groups excluding carboxylic acids is 1. The van der Waals surface area contributed by atoms with Crippen LogP contribution in [-0.2, 0) is 11.3 Å². The molecule has 0 saturated heterocycles. The molecular formula is C13H22N2OS. The molecule has 0 saturated carbocycles. The third-order valence-corrected chi connectivity index (χ3v) is 4.16. The molecule has 2 N–H and O–H groups in total. The Morgan fingerprint density at radius 1 is 1.59 bits per heavy atom. The molecule has 0 aliphatic rings. The van der Waals surface area contributed by atoms with Crippen molar-refractivity contribution < 1.29 is 4.79 Å². The zero-order chi connectivity index (χ0) is 12.8. The van der Waals surface area contributed by atoms with E-state index in [0.717, 1.165) is 6.42 Å². The molecule has 0 fully saturated rings. The summed E-state index contributed by atoms with van der Waals surface area (Å²) in [6.45, 7) is 5.46. The Morgan fingerprint density at radius 2 is 2.29 bits per heavy atom.